The Morgan fingerprint density at radius 1 is 1.50 bits per heavy atom. The number of nitrogens with two attached hydrogens (primary N) is 1. The summed E-state index contributed by atoms with van der Waals surface area (Å²) in [7, 11) is 0. The topological polar surface area (TPSA) is 35.2 Å². The Morgan fingerprint density at radius 2 is 2.29 bits per heavy atom. The average molecular weight is 213 g/mol. The zero-order chi connectivity index (χ0) is 10.4. The van der Waals surface area contributed by atoms with E-state index in [1.54, 1.807) is 11.3 Å². The molecular weight excluding hydrogens is 194 g/mol. The predicted octanol–water partition coefficient (Wildman–Crippen LogP) is 2.95. The molecule has 0 aromatic carbocycles. The van der Waals surface area contributed by atoms with Gasteiger partial charge in [-0.2, -0.15) is 0 Å². The Kier molecular flexibility index (Phi) is 5.15. The van der Waals surface area contributed by atoms with Crippen LogP contribution in [0, 0.1) is 0 Å². The van der Waals surface area contributed by atoms with Gasteiger partial charge in [0, 0.05) is 17.5 Å². The molecule has 0 amide bonds. The Hall–Kier alpha value is -0.380. The third-order valence-electron chi connectivity index (χ3n) is 2.02. The quantitative estimate of drug-likeness (QED) is 0.737. The third kappa shape index (κ3) is 4.22. The maximum absolute atomic E-state index is 6.01. The van der Waals surface area contributed by atoms with Gasteiger partial charge in [0.15, 0.2) is 0 Å². The second kappa shape index (κ2) is 6.17. The van der Waals surface area contributed by atoms with Crippen LogP contribution in [-0.2, 0) is 4.74 Å². The Labute approximate surface area is 90.1 Å². The van der Waals surface area contributed by atoms with E-state index in [9.17, 15) is 0 Å². The number of hydrogen-bond donors (Lipinski definition) is 1. The molecule has 0 aliphatic heterocycles. The van der Waals surface area contributed by atoms with Gasteiger partial charge in [-0.1, -0.05) is 6.07 Å². The fraction of sp³-hybridized carbons (Fsp3) is 0.636. The smallest absolute Gasteiger partial charge is 0.0518 e. The molecule has 0 saturated heterocycles. The van der Waals surface area contributed by atoms with Gasteiger partial charge in [-0.15, -0.1) is 11.3 Å². The third-order valence-corrected chi connectivity index (χ3v) is 3.02. The van der Waals surface area contributed by atoms with Crippen molar-refractivity contribution >= 4 is 11.3 Å². The summed E-state index contributed by atoms with van der Waals surface area (Å²) in [5.74, 6) is 0. The molecule has 0 saturated carbocycles. The summed E-state index contributed by atoms with van der Waals surface area (Å²) in [4.78, 5) is 1.27. The molecule has 80 valence electrons. The molecular formula is C11H19NOS. The van der Waals surface area contributed by atoms with Gasteiger partial charge in [0.1, 0.15) is 0 Å². The lowest BCUT2D eigenvalue weighted by atomic mass is 10.1. The molecule has 2 N–H and O–H groups in total. The number of rotatable bonds is 6. The van der Waals surface area contributed by atoms with Crippen LogP contribution in [0.1, 0.15) is 37.6 Å². The van der Waals surface area contributed by atoms with Crippen LogP contribution < -0.4 is 5.73 Å². The molecule has 0 radical (unpaired) electrons. The van der Waals surface area contributed by atoms with Crippen LogP contribution in [0.2, 0.25) is 0 Å². The summed E-state index contributed by atoms with van der Waals surface area (Å²) in [5, 5.41) is 2.07. The Morgan fingerprint density at radius 3 is 2.86 bits per heavy atom. The molecule has 1 rings (SSSR count). The number of thiophene rings is 1. The van der Waals surface area contributed by atoms with E-state index in [-0.39, 0.29) is 6.04 Å². The molecule has 1 heterocycles. The molecule has 0 aliphatic rings. The average Bonchev–Trinajstić information content (AvgIpc) is 2.64. The van der Waals surface area contributed by atoms with E-state index in [1.165, 1.54) is 4.88 Å². The molecule has 2 nitrogen and oxygen atoms in total. The van der Waals surface area contributed by atoms with Crippen molar-refractivity contribution in [3.8, 4) is 0 Å². The van der Waals surface area contributed by atoms with Gasteiger partial charge >= 0.3 is 0 Å². The molecule has 0 bridgehead atoms. The highest BCUT2D eigenvalue weighted by Gasteiger charge is 2.06. The first-order valence-electron chi connectivity index (χ1n) is 5.10. The van der Waals surface area contributed by atoms with E-state index in [0.717, 1.165) is 19.4 Å². The van der Waals surface area contributed by atoms with Gasteiger partial charge in [-0.3, -0.25) is 0 Å². The number of hydrogen-bond acceptors (Lipinski definition) is 3. The Bertz CT molecular complexity index is 233. The fourth-order valence-electron chi connectivity index (χ4n) is 1.27. The lowest BCUT2D eigenvalue weighted by Crippen LogP contribution is -2.11. The minimum Gasteiger partial charge on any atom is -0.379 e. The molecule has 1 unspecified atom stereocenters. The normalized spacial score (nSPS) is 13.4. The van der Waals surface area contributed by atoms with Crippen molar-refractivity contribution in [2.75, 3.05) is 6.61 Å². The largest absolute Gasteiger partial charge is 0.379 e. The van der Waals surface area contributed by atoms with Crippen molar-refractivity contribution in [1.29, 1.82) is 0 Å². The van der Waals surface area contributed by atoms with E-state index in [1.807, 2.05) is 6.07 Å². The monoisotopic (exact) mass is 213 g/mol. The molecule has 14 heavy (non-hydrogen) atoms. The van der Waals surface area contributed by atoms with E-state index < -0.39 is 0 Å². The van der Waals surface area contributed by atoms with E-state index in [2.05, 4.69) is 25.3 Å². The fourth-order valence-corrected chi connectivity index (χ4v) is 2.03. The second-order valence-electron chi connectivity index (χ2n) is 3.68. The highest BCUT2D eigenvalue weighted by Crippen LogP contribution is 2.20. The lowest BCUT2D eigenvalue weighted by molar-refractivity contribution is 0.0751. The standard InChI is InChI=1S/C11H19NOS/c1-9(2)13-7-3-5-10(12)11-6-4-8-14-11/h4,6,8-10H,3,5,7,12H2,1-2H3. The minimum atomic E-state index is 0.186. The first-order valence-corrected chi connectivity index (χ1v) is 5.98. The van der Waals surface area contributed by atoms with Crippen molar-refractivity contribution < 1.29 is 4.74 Å². The Balaban J connectivity index is 2.13. The highest BCUT2D eigenvalue weighted by molar-refractivity contribution is 7.10. The van der Waals surface area contributed by atoms with Crippen LogP contribution in [0.25, 0.3) is 0 Å². The summed E-state index contributed by atoms with van der Waals surface area (Å²) in [6, 6.07) is 4.33. The second-order valence-corrected chi connectivity index (χ2v) is 4.66. The summed E-state index contributed by atoms with van der Waals surface area (Å²) in [6.07, 6.45) is 2.37. The molecule has 3 heteroatoms. The molecule has 0 fully saturated rings. The summed E-state index contributed by atoms with van der Waals surface area (Å²) >= 11 is 1.73. The van der Waals surface area contributed by atoms with Crippen molar-refractivity contribution in [3.63, 3.8) is 0 Å². The van der Waals surface area contributed by atoms with Crippen LogP contribution >= 0.6 is 11.3 Å². The van der Waals surface area contributed by atoms with E-state index in [4.69, 9.17) is 10.5 Å². The van der Waals surface area contributed by atoms with Gasteiger partial charge in [-0.05, 0) is 38.1 Å². The van der Waals surface area contributed by atoms with Crippen molar-refractivity contribution in [1.82, 2.24) is 0 Å². The van der Waals surface area contributed by atoms with Gasteiger partial charge in [0.2, 0.25) is 0 Å². The van der Waals surface area contributed by atoms with Crippen LogP contribution in [0.15, 0.2) is 17.5 Å². The van der Waals surface area contributed by atoms with Crippen molar-refractivity contribution in [3.05, 3.63) is 22.4 Å². The summed E-state index contributed by atoms with van der Waals surface area (Å²) in [6.45, 7) is 4.93. The molecule has 1 atom stereocenters. The number of ether oxygens (including phenoxy) is 1. The lowest BCUT2D eigenvalue weighted by Gasteiger charge is -2.10. The van der Waals surface area contributed by atoms with Gasteiger partial charge in [-0.25, -0.2) is 0 Å². The van der Waals surface area contributed by atoms with Crippen molar-refractivity contribution in [2.45, 2.75) is 38.8 Å². The van der Waals surface area contributed by atoms with E-state index >= 15 is 0 Å². The first-order chi connectivity index (χ1) is 6.70. The SMILES string of the molecule is CC(C)OCCCC(N)c1cccs1. The van der Waals surface area contributed by atoms with Gasteiger partial charge in [0.25, 0.3) is 0 Å². The van der Waals surface area contributed by atoms with Crippen LogP contribution in [-0.4, -0.2) is 12.7 Å². The van der Waals surface area contributed by atoms with Crippen molar-refractivity contribution in [2.24, 2.45) is 5.73 Å². The molecule has 1 aromatic rings. The molecule has 0 aliphatic carbocycles. The molecule has 1 aromatic heterocycles. The summed E-state index contributed by atoms with van der Waals surface area (Å²) in [5.41, 5.74) is 6.01. The minimum absolute atomic E-state index is 0.186. The first kappa shape index (κ1) is 11.7. The van der Waals surface area contributed by atoms with Gasteiger partial charge < -0.3 is 10.5 Å². The maximum atomic E-state index is 6.01. The molecule has 0 spiro atoms. The van der Waals surface area contributed by atoms with Crippen LogP contribution in [0.5, 0.6) is 0 Å². The van der Waals surface area contributed by atoms with E-state index in [0.29, 0.717) is 6.10 Å². The zero-order valence-corrected chi connectivity index (χ0v) is 9.72. The summed E-state index contributed by atoms with van der Waals surface area (Å²) < 4.78 is 5.46. The zero-order valence-electron chi connectivity index (χ0n) is 8.90. The van der Waals surface area contributed by atoms with Crippen LogP contribution in [0.3, 0.4) is 0 Å². The predicted molar refractivity (Wildman–Crippen MR) is 61.6 cm³/mol. The van der Waals surface area contributed by atoms with Gasteiger partial charge in [0.05, 0.1) is 6.10 Å². The maximum Gasteiger partial charge on any atom is 0.0518 e. The highest BCUT2D eigenvalue weighted by atomic mass is 32.1. The van der Waals surface area contributed by atoms with Crippen LogP contribution in [0.4, 0.5) is 0 Å².